The van der Waals surface area contributed by atoms with Gasteiger partial charge in [-0.15, -0.1) is 0 Å². The first-order chi connectivity index (χ1) is 20.9. The number of carbonyl (C=O) groups excluding carboxylic acids is 2. The van der Waals surface area contributed by atoms with Crippen molar-refractivity contribution in [3.8, 4) is 22.7 Å². The van der Waals surface area contributed by atoms with Gasteiger partial charge in [0.25, 0.3) is 0 Å². The van der Waals surface area contributed by atoms with Crippen LogP contribution in [-0.4, -0.2) is 69.0 Å². The largest absolute Gasteiger partial charge is 0.494 e. The molecule has 3 aromatic rings. The second kappa shape index (κ2) is 15.2. The zero-order valence-corrected chi connectivity index (χ0v) is 25.3. The molecular formula is C33H39N3O7. The number of benzene rings is 2. The van der Waals surface area contributed by atoms with Crippen LogP contribution in [0.4, 0.5) is 0 Å². The first kappa shape index (κ1) is 31.5. The number of aromatic nitrogens is 2. The third-order valence-electron chi connectivity index (χ3n) is 6.92. The smallest absolute Gasteiger partial charge is 0.336 e. The van der Waals surface area contributed by atoms with Crippen molar-refractivity contribution in [1.29, 1.82) is 0 Å². The normalized spacial score (nSPS) is 13.6. The van der Waals surface area contributed by atoms with E-state index >= 15 is 0 Å². The molecule has 0 aliphatic carbocycles. The van der Waals surface area contributed by atoms with Gasteiger partial charge >= 0.3 is 11.9 Å². The van der Waals surface area contributed by atoms with Crippen molar-refractivity contribution in [2.45, 2.75) is 33.1 Å². The van der Waals surface area contributed by atoms with Crippen molar-refractivity contribution >= 4 is 11.9 Å². The average Bonchev–Trinajstić information content (AvgIpc) is 3.46. The van der Waals surface area contributed by atoms with Gasteiger partial charge in [-0.1, -0.05) is 25.1 Å². The Labute approximate surface area is 252 Å². The molecule has 43 heavy (non-hydrogen) atoms. The molecule has 1 aliphatic heterocycles. The van der Waals surface area contributed by atoms with E-state index in [-0.39, 0.29) is 37.6 Å². The fraction of sp³-hybridized carbons (Fsp3) is 0.364. The second-order valence-electron chi connectivity index (χ2n) is 9.98. The number of methoxy groups -OCH3 is 2. The lowest BCUT2D eigenvalue weighted by Crippen LogP contribution is -2.33. The standard InChI is InChI=1S/C33H39N3O7/c1-6-16-41-26-14-12-24(13-15-26)31-27(21-36(35-31)25-10-8-7-9-11-25)30-28(32(37)42-19-17-39-4)22(2)34-23(3)29(30)33(38)43-20-18-40-5/h7-15,21,30,34H,6,16-20H2,1-5H3. The van der Waals surface area contributed by atoms with Crippen molar-refractivity contribution in [3.63, 3.8) is 0 Å². The van der Waals surface area contributed by atoms with Crippen LogP contribution in [0, 0.1) is 0 Å². The topological polar surface area (TPSA) is 110 Å². The van der Waals surface area contributed by atoms with E-state index in [4.69, 9.17) is 28.8 Å². The Hall–Kier alpha value is -4.41. The summed E-state index contributed by atoms with van der Waals surface area (Å²) in [5.41, 5.74) is 4.57. The minimum Gasteiger partial charge on any atom is -0.494 e. The van der Waals surface area contributed by atoms with Crippen molar-refractivity contribution < 1.29 is 33.3 Å². The lowest BCUT2D eigenvalue weighted by atomic mass is 9.79. The maximum Gasteiger partial charge on any atom is 0.336 e. The third-order valence-corrected chi connectivity index (χ3v) is 6.92. The molecule has 2 heterocycles. The van der Waals surface area contributed by atoms with E-state index in [0.717, 1.165) is 23.4 Å². The molecule has 10 nitrogen and oxygen atoms in total. The molecule has 0 fully saturated rings. The highest BCUT2D eigenvalue weighted by Gasteiger charge is 2.40. The van der Waals surface area contributed by atoms with Crippen LogP contribution in [0.15, 0.2) is 83.3 Å². The molecule has 0 saturated carbocycles. The number of hydrogen-bond acceptors (Lipinski definition) is 9. The van der Waals surface area contributed by atoms with Crippen molar-refractivity contribution in [1.82, 2.24) is 15.1 Å². The summed E-state index contributed by atoms with van der Waals surface area (Å²) < 4.78 is 28.9. The Balaban J connectivity index is 1.90. The highest BCUT2D eigenvalue weighted by atomic mass is 16.6. The van der Waals surface area contributed by atoms with Crippen LogP contribution >= 0.6 is 0 Å². The first-order valence-corrected chi connectivity index (χ1v) is 14.3. The number of ether oxygens (including phenoxy) is 5. The molecule has 0 bridgehead atoms. The van der Waals surface area contributed by atoms with Gasteiger partial charge in [-0.05, 0) is 56.7 Å². The number of dihydropyridines is 1. The first-order valence-electron chi connectivity index (χ1n) is 14.3. The maximum absolute atomic E-state index is 13.7. The monoisotopic (exact) mass is 589 g/mol. The van der Waals surface area contributed by atoms with Crippen molar-refractivity contribution in [2.75, 3.05) is 47.3 Å². The number of para-hydroxylation sites is 1. The molecule has 2 aromatic carbocycles. The molecule has 0 spiro atoms. The molecule has 1 aliphatic rings. The molecule has 10 heteroatoms. The molecule has 1 aromatic heterocycles. The lowest BCUT2D eigenvalue weighted by molar-refractivity contribution is -0.141. The van der Waals surface area contributed by atoms with Gasteiger partial charge in [-0.25, -0.2) is 14.3 Å². The molecule has 0 radical (unpaired) electrons. The zero-order valence-electron chi connectivity index (χ0n) is 25.3. The number of carbonyl (C=O) groups is 2. The van der Waals surface area contributed by atoms with Gasteiger partial charge in [0.2, 0.25) is 0 Å². The summed E-state index contributed by atoms with van der Waals surface area (Å²) in [4.78, 5) is 27.3. The lowest BCUT2D eigenvalue weighted by Gasteiger charge is -2.30. The van der Waals surface area contributed by atoms with E-state index in [9.17, 15) is 9.59 Å². The number of allylic oxidation sites excluding steroid dienone is 2. The quantitative estimate of drug-likeness (QED) is 0.206. The van der Waals surface area contributed by atoms with Gasteiger partial charge in [0.15, 0.2) is 0 Å². The summed E-state index contributed by atoms with van der Waals surface area (Å²) in [5.74, 6) is -1.23. The predicted molar refractivity (Wildman–Crippen MR) is 162 cm³/mol. The van der Waals surface area contributed by atoms with Gasteiger partial charge < -0.3 is 29.0 Å². The minimum atomic E-state index is -0.838. The minimum absolute atomic E-state index is 0.0600. The molecule has 0 atom stereocenters. The Bertz CT molecular complexity index is 1420. The number of rotatable bonds is 14. The SMILES string of the molecule is CCCOc1ccc(-c2nn(-c3ccccc3)cc2C2C(C(=O)OCCOC)=C(C)NC(C)=C2C(=O)OCCOC)cc1. The van der Waals surface area contributed by atoms with Gasteiger partial charge in [0.05, 0.1) is 48.3 Å². The molecular weight excluding hydrogens is 550 g/mol. The fourth-order valence-corrected chi connectivity index (χ4v) is 4.90. The van der Waals surface area contributed by atoms with E-state index in [1.807, 2.05) is 60.8 Å². The molecule has 228 valence electrons. The van der Waals surface area contributed by atoms with Gasteiger partial charge in [0.1, 0.15) is 19.0 Å². The Kier molecular flexibility index (Phi) is 11.1. The van der Waals surface area contributed by atoms with Crippen molar-refractivity contribution in [2.24, 2.45) is 0 Å². The van der Waals surface area contributed by atoms with Crippen LogP contribution in [-0.2, 0) is 28.5 Å². The van der Waals surface area contributed by atoms with E-state index in [0.29, 0.717) is 29.3 Å². The van der Waals surface area contributed by atoms with Gasteiger partial charge in [-0.3, -0.25) is 0 Å². The average molecular weight is 590 g/mol. The van der Waals surface area contributed by atoms with Crippen LogP contribution in [0.2, 0.25) is 0 Å². The summed E-state index contributed by atoms with van der Waals surface area (Å²) in [6.45, 7) is 6.83. The van der Waals surface area contributed by atoms with Crippen LogP contribution < -0.4 is 10.1 Å². The number of hydrogen-bond donors (Lipinski definition) is 1. The summed E-state index contributed by atoms with van der Waals surface area (Å²) in [6.07, 6.45) is 2.75. The van der Waals surface area contributed by atoms with E-state index in [1.165, 1.54) is 14.2 Å². The van der Waals surface area contributed by atoms with Crippen LogP contribution in [0.25, 0.3) is 16.9 Å². The third kappa shape index (κ3) is 7.52. The predicted octanol–water partition coefficient (Wildman–Crippen LogP) is 4.94. The van der Waals surface area contributed by atoms with Gasteiger partial charge in [-0.2, -0.15) is 5.10 Å². The van der Waals surface area contributed by atoms with Crippen molar-refractivity contribution in [3.05, 3.63) is 88.9 Å². The number of esters is 2. The van der Waals surface area contributed by atoms with Crippen LogP contribution in [0.3, 0.4) is 0 Å². The highest BCUT2D eigenvalue weighted by Crippen LogP contribution is 2.43. The molecule has 0 saturated heterocycles. The zero-order chi connectivity index (χ0) is 30.8. The van der Waals surface area contributed by atoms with Crippen LogP contribution in [0.5, 0.6) is 5.75 Å². The Morgan fingerprint density at radius 3 is 1.93 bits per heavy atom. The summed E-state index contributed by atoms with van der Waals surface area (Å²) in [7, 11) is 3.07. The number of nitrogens with one attached hydrogen (secondary N) is 1. The molecule has 0 unspecified atom stereocenters. The van der Waals surface area contributed by atoms with E-state index in [2.05, 4.69) is 12.2 Å². The summed E-state index contributed by atoms with van der Waals surface area (Å²) in [5, 5.41) is 8.17. The summed E-state index contributed by atoms with van der Waals surface area (Å²) >= 11 is 0. The molecule has 0 amide bonds. The van der Waals surface area contributed by atoms with E-state index in [1.54, 1.807) is 18.5 Å². The van der Waals surface area contributed by atoms with E-state index < -0.39 is 17.9 Å². The summed E-state index contributed by atoms with van der Waals surface area (Å²) in [6, 6.07) is 17.3. The molecule has 1 N–H and O–H groups in total. The second-order valence-corrected chi connectivity index (χ2v) is 9.98. The highest BCUT2D eigenvalue weighted by molar-refractivity contribution is 6.00. The molecule has 4 rings (SSSR count). The fourth-order valence-electron chi connectivity index (χ4n) is 4.90. The van der Waals surface area contributed by atoms with Gasteiger partial charge in [0, 0.05) is 42.9 Å². The van der Waals surface area contributed by atoms with Crippen LogP contribution in [0.1, 0.15) is 38.7 Å². The Morgan fingerprint density at radius 2 is 1.40 bits per heavy atom. The number of nitrogens with zero attached hydrogens (tertiary/aromatic N) is 2. The maximum atomic E-state index is 13.7. The Morgan fingerprint density at radius 1 is 0.814 bits per heavy atom.